The predicted molar refractivity (Wildman–Crippen MR) is 97.5 cm³/mol. The number of amides is 1. The van der Waals surface area contributed by atoms with Crippen molar-refractivity contribution >= 4 is 5.91 Å². The summed E-state index contributed by atoms with van der Waals surface area (Å²) in [4.78, 5) is 16.3. The summed E-state index contributed by atoms with van der Waals surface area (Å²) in [6, 6.07) is 13.0. The monoisotopic (exact) mass is 356 g/mol. The number of methoxy groups -OCH3 is 1. The van der Waals surface area contributed by atoms with Crippen LogP contribution in [0.3, 0.4) is 0 Å². The molecule has 1 aromatic carbocycles. The van der Waals surface area contributed by atoms with Crippen LogP contribution in [0.25, 0.3) is 0 Å². The quantitative estimate of drug-likeness (QED) is 0.826. The molecule has 0 bridgehead atoms. The summed E-state index contributed by atoms with van der Waals surface area (Å²) in [7, 11) is 1.61. The highest BCUT2D eigenvalue weighted by atomic mass is 16.5. The Morgan fingerprint density at radius 1 is 1.08 bits per heavy atom. The van der Waals surface area contributed by atoms with Gasteiger partial charge in [0, 0.05) is 18.3 Å². The first-order chi connectivity index (χ1) is 12.7. The van der Waals surface area contributed by atoms with Gasteiger partial charge in [-0.1, -0.05) is 6.07 Å². The van der Waals surface area contributed by atoms with E-state index in [1.807, 2.05) is 18.2 Å². The molecule has 3 rings (SSSR count). The normalized spacial score (nSPS) is 19.4. The van der Waals surface area contributed by atoms with Crippen molar-refractivity contribution in [3.8, 4) is 17.4 Å². The minimum absolute atomic E-state index is 0.0106. The second-order valence-electron chi connectivity index (χ2n) is 6.29. The molecule has 1 N–H and O–H groups in total. The van der Waals surface area contributed by atoms with E-state index in [2.05, 4.69) is 10.3 Å². The molecular weight excluding hydrogens is 332 g/mol. The van der Waals surface area contributed by atoms with Gasteiger partial charge in [-0.05, 0) is 56.0 Å². The van der Waals surface area contributed by atoms with Crippen LogP contribution in [0.2, 0.25) is 0 Å². The standard InChI is InChI=1S/C20H24N2O4/c1-24-16-9-11-17(12-10-16)25-14-19(23)22-15-5-7-18(8-6-15)26-20-4-2-3-13-21-20/h2-4,9-13,15,18H,5-8,14H2,1H3,(H,22,23). The predicted octanol–water partition coefficient (Wildman–Crippen LogP) is 2.98. The smallest absolute Gasteiger partial charge is 0.258 e. The van der Waals surface area contributed by atoms with Crippen LogP contribution in [0, 0.1) is 0 Å². The van der Waals surface area contributed by atoms with Crippen molar-refractivity contribution < 1.29 is 19.0 Å². The molecule has 2 aromatic rings. The summed E-state index contributed by atoms with van der Waals surface area (Å²) in [5.41, 5.74) is 0. The Hall–Kier alpha value is -2.76. The van der Waals surface area contributed by atoms with Crippen molar-refractivity contribution in [1.82, 2.24) is 10.3 Å². The Morgan fingerprint density at radius 2 is 1.81 bits per heavy atom. The van der Waals surface area contributed by atoms with E-state index in [9.17, 15) is 4.79 Å². The molecule has 0 radical (unpaired) electrons. The summed E-state index contributed by atoms with van der Waals surface area (Å²) in [5.74, 6) is 1.96. The van der Waals surface area contributed by atoms with Crippen molar-refractivity contribution in [2.24, 2.45) is 0 Å². The second-order valence-corrected chi connectivity index (χ2v) is 6.29. The van der Waals surface area contributed by atoms with Gasteiger partial charge in [0.2, 0.25) is 5.88 Å². The number of pyridine rings is 1. The summed E-state index contributed by atoms with van der Waals surface area (Å²) in [6.07, 6.45) is 5.48. The third-order valence-electron chi connectivity index (χ3n) is 4.39. The van der Waals surface area contributed by atoms with Gasteiger partial charge in [-0.25, -0.2) is 4.98 Å². The summed E-state index contributed by atoms with van der Waals surface area (Å²) in [6.45, 7) is 0.0106. The Balaban J connectivity index is 1.36. The van der Waals surface area contributed by atoms with Gasteiger partial charge in [-0.2, -0.15) is 0 Å². The lowest BCUT2D eigenvalue weighted by Crippen LogP contribution is -2.41. The zero-order chi connectivity index (χ0) is 18.2. The van der Waals surface area contributed by atoms with Crippen LogP contribution >= 0.6 is 0 Å². The number of rotatable bonds is 7. The molecule has 0 saturated heterocycles. The van der Waals surface area contributed by atoms with E-state index in [4.69, 9.17) is 14.2 Å². The van der Waals surface area contributed by atoms with Crippen LogP contribution in [-0.4, -0.2) is 36.8 Å². The lowest BCUT2D eigenvalue weighted by atomic mass is 9.93. The van der Waals surface area contributed by atoms with Crippen LogP contribution in [0.1, 0.15) is 25.7 Å². The highest BCUT2D eigenvalue weighted by Crippen LogP contribution is 2.23. The van der Waals surface area contributed by atoms with Crippen molar-refractivity contribution in [1.29, 1.82) is 0 Å². The molecule has 0 spiro atoms. The van der Waals surface area contributed by atoms with Crippen LogP contribution < -0.4 is 19.5 Å². The van der Waals surface area contributed by atoms with Gasteiger partial charge < -0.3 is 19.5 Å². The number of aromatic nitrogens is 1. The van der Waals surface area contributed by atoms with Gasteiger partial charge in [0.1, 0.15) is 17.6 Å². The Bertz CT molecular complexity index is 683. The first-order valence-corrected chi connectivity index (χ1v) is 8.87. The molecule has 1 saturated carbocycles. The fraction of sp³-hybridized carbons (Fsp3) is 0.400. The van der Waals surface area contributed by atoms with Gasteiger partial charge in [-0.15, -0.1) is 0 Å². The largest absolute Gasteiger partial charge is 0.497 e. The molecule has 6 nitrogen and oxygen atoms in total. The van der Waals surface area contributed by atoms with Crippen molar-refractivity contribution in [2.45, 2.75) is 37.8 Å². The summed E-state index contributed by atoms with van der Waals surface area (Å²) in [5, 5.41) is 3.04. The number of nitrogens with zero attached hydrogens (tertiary/aromatic N) is 1. The van der Waals surface area contributed by atoms with E-state index in [0.717, 1.165) is 31.4 Å². The van der Waals surface area contributed by atoms with Crippen LogP contribution in [0.15, 0.2) is 48.7 Å². The lowest BCUT2D eigenvalue weighted by Gasteiger charge is -2.29. The van der Waals surface area contributed by atoms with E-state index < -0.39 is 0 Å². The maximum absolute atomic E-state index is 12.1. The van der Waals surface area contributed by atoms with Gasteiger partial charge >= 0.3 is 0 Å². The zero-order valence-corrected chi connectivity index (χ0v) is 14.9. The lowest BCUT2D eigenvalue weighted by molar-refractivity contribution is -0.124. The number of hydrogen-bond donors (Lipinski definition) is 1. The molecule has 26 heavy (non-hydrogen) atoms. The van der Waals surface area contributed by atoms with Gasteiger partial charge in [0.25, 0.3) is 5.91 Å². The molecule has 1 heterocycles. The molecule has 1 amide bonds. The van der Waals surface area contributed by atoms with Crippen LogP contribution in [0.4, 0.5) is 0 Å². The average Bonchev–Trinajstić information content (AvgIpc) is 2.69. The first kappa shape index (κ1) is 18.0. The molecule has 6 heteroatoms. The number of nitrogens with one attached hydrogen (secondary N) is 1. The van der Waals surface area contributed by atoms with Crippen molar-refractivity contribution in [2.75, 3.05) is 13.7 Å². The van der Waals surface area contributed by atoms with E-state index in [1.54, 1.807) is 37.6 Å². The van der Waals surface area contributed by atoms with Gasteiger partial charge in [0.15, 0.2) is 6.61 Å². The number of carbonyl (C=O) groups excluding carboxylic acids is 1. The SMILES string of the molecule is COc1ccc(OCC(=O)NC2CCC(Oc3ccccn3)CC2)cc1. The summed E-state index contributed by atoms with van der Waals surface area (Å²) >= 11 is 0. The molecule has 1 aromatic heterocycles. The maximum Gasteiger partial charge on any atom is 0.258 e. The van der Waals surface area contributed by atoms with E-state index in [1.165, 1.54) is 0 Å². The average molecular weight is 356 g/mol. The van der Waals surface area contributed by atoms with Crippen LogP contribution in [-0.2, 0) is 4.79 Å². The number of benzene rings is 1. The third kappa shape index (κ3) is 5.37. The molecule has 0 atom stereocenters. The topological polar surface area (TPSA) is 69.7 Å². The van der Waals surface area contributed by atoms with E-state index in [0.29, 0.717) is 11.6 Å². The molecule has 138 valence electrons. The third-order valence-corrected chi connectivity index (χ3v) is 4.39. The van der Waals surface area contributed by atoms with Crippen LogP contribution in [0.5, 0.6) is 17.4 Å². The minimum atomic E-state index is -0.102. The molecule has 1 fully saturated rings. The molecular formula is C20H24N2O4. The first-order valence-electron chi connectivity index (χ1n) is 8.87. The maximum atomic E-state index is 12.1. The Kier molecular flexibility index (Phi) is 6.30. The molecule has 1 aliphatic rings. The minimum Gasteiger partial charge on any atom is -0.497 e. The molecule has 0 aliphatic heterocycles. The van der Waals surface area contributed by atoms with Gasteiger partial charge in [0.05, 0.1) is 7.11 Å². The fourth-order valence-corrected chi connectivity index (χ4v) is 3.00. The van der Waals surface area contributed by atoms with E-state index >= 15 is 0 Å². The summed E-state index contributed by atoms with van der Waals surface area (Å²) < 4.78 is 16.5. The number of hydrogen-bond acceptors (Lipinski definition) is 5. The van der Waals surface area contributed by atoms with Crippen molar-refractivity contribution in [3.05, 3.63) is 48.7 Å². The molecule has 1 aliphatic carbocycles. The second kappa shape index (κ2) is 9.08. The van der Waals surface area contributed by atoms with Crippen molar-refractivity contribution in [3.63, 3.8) is 0 Å². The zero-order valence-electron chi connectivity index (χ0n) is 14.9. The fourth-order valence-electron chi connectivity index (χ4n) is 3.00. The highest BCUT2D eigenvalue weighted by Gasteiger charge is 2.23. The number of carbonyl (C=O) groups is 1. The molecule has 0 unspecified atom stereocenters. The van der Waals surface area contributed by atoms with E-state index in [-0.39, 0.29) is 24.7 Å². The number of ether oxygens (including phenoxy) is 3. The Morgan fingerprint density at radius 3 is 2.46 bits per heavy atom. The van der Waals surface area contributed by atoms with Gasteiger partial charge in [-0.3, -0.25) is 4.79 Å². The highest BCUT2D eigenvalue weighted by molar-refractivity contribution is 5.77. The Labute approximate surface area is 153 Å².